The van der Waals surface area contributed by atoms with Gasteiger partial charge in [-0.15, -0.1) is 0 Å². The van der Waals surface area contributed by atoms with E-state index in [4.69, 9.17) is 11.6 Å². The average Bonchev–Trinajstić information content (AvgIpc) is 3.11. The van der Waals surface area contributed by atoms with Gasteiger partial charge in [-0.05, 0) is 56.0 Å². The third-order valence-corrected chi connectivity index (χ3v) is 5.52. The van der Waals surface area contributed by atoms with Gasteiger partial charge in [0, 0.05) is 30.0 Å². The summed E-state index contributed by atoms with van der Waals surface area (Å²) >= 11 is 6.15. The summed E-state index contributed by atoms with van der Waals surface area (Å²) in [5.74, 6) is -0.240. The summed E-state index contributed by atoms with van der Waals surface area (Å²) in [4.78, 5) is 32.2. The van der Waals surface area contributed by atoms with Crippen LogP contribution in [0.1, 0.15) is 45.9 Å². The Hall–Kier alpha value is -2.86. The van der Waals surface area contributed by atoms with Crippen LogP contribution < -0.4 is 5.32 Å². The average molecular weight is 397 g/mol. The highest BCUT2D eigenvalue weighted by Gasteiger charge is 2.26. The van der Waals surface area contributed by atoms with Crippen LogP contribution in [0.3, 0.4) is 0 Å². The minimum Gasteiger partial charge on any atom is -0.336 e. The summed E-state index contributed by atoms with van der Waals surface area (Å²) in [5.41, 5.74) is 2.23. The Morgan fingerprint density at radius 3 is 2.64 bits per heavy atom. The first-order chi connectivity index (χ1) is 13.6. The number of pyridine rings is 1. The molecule has 0 atom stereocenters. The van der Waals surface area contributed by atoms with Crippen LogP contribution in [0, 0.1) is 6.92 Å². The van der Waals surface area contributed by atoms with Gasteiger partial charge in [0.15, 0.2) is 5.69 Å². The van der Waals surface area contributed by atoms with Gasteiger partial charge < -0.3 is 10.2 Å². The molecule has 1 aromatic carbocycles. The number of likely N-dealkylation sites (tertiary alicyclic amines) is 1. The first kappa shape index (κ1) is 18.5. The number of fused-ring (bicyclic) bond motifs is 1. The number of carbonyl (C=O) groups excluding carboxylic acids is 2. The fourth-order valence-electron chi connectivity index (χ4n) is 3.52. The second-order valence-electron chi connectivity index (χ2n) is 6.96. The van der Waals surface area contributed by atoms with Crippen LogP contribution in [0.4, 0.5) is 5.69 Å². The number of piperidine rings is 1. The molecule has 1 fully saturated rings. The number of aromatic nitrogens is 2. The second-order valence-corrected chi connectivity index (χ2v) is 7.37. The molecule has 4 rings (SSSR count). The number of hydrogen-bond acceptors (Lipinski definition) is 3. The van der Waals surface area contributed by atoms with Crippen molar-refractivity contribution in [2.45, 2.75) is 26.2 Å². The number of nitrogens with one attached hydrogen (secondary N) is 1. The predicted octanol–water partition coefficient (Wildman–Crippen LogP) is 4.17. The fourth-order valence-corrected chi connectivity index (χ4v) is 3.69. The highest BCUT2D eigenvalue weighted by molar-refractivity contribution is 6.31. The molecule has 1 aliphatic rings. The standard InChI is InChI=1S/C21H21ClN4O2/c1-14-15(22)8-7-9-16(14)23-20(27)18-17-10-3-6-13-26(17)19(24-18)21(28)25-11-4-2-5-12-25/h3,6-10,13H,2,4-5,11-12H2,1H3,(H,23,27). The molecule has 3 heterocycles. The number of carbonyl (C=O) groups is 2. The van der Waals surface area contributed by atoms with Gasteiger partial charge in [0.2, 0.25) is 5.82 Å². The van der Waals surface area contributed by atoms with Crippen molar-refractivity contribution >= 4 is 34.6 Å². The maximum absolute atomic E-state index is 13.0. The number of halogens is 1. The third-order valence-electron chi connectivity index (χ3n) is 5.11. The van der Waals surface area contributed by atoms with Gasteiger partial charge in [-0.3, -0.25) is 14.0 Å². The van der Waals surface area contributed by atoms with E-state index in [0.29, 0.717) is 16.2 Å². The molecule has 0 radical (unpaired) electrons. The van der Waals surface area contributed by atoms with Crippen LogP contribution in [0.15, 0.2) is 42.6 Å². The number of amides is 2. The van der Waals surface area contributed by atoms with Crippen molar-refractivity contribution in [1.29, 1.82) is 0 Å². The Kier molecular flexibility index (Phi) is 5.05. The molecule has 28 heavy (non-hydrogen) atoms. The van der Waals surface area contributed by atoms with E-state index < -0.39 is 0 Å². The van der Waals surface area contributed by atoms with Crippen molar-refractivity contribution < 1.29 is 9.59 Å². The normalized spacial score (nSPS) is 14.3. The summed E-state index contributed by atoms with van der Waals surface area (Å²) < 4.78 is 1.69. The SMILES string of the molecule is Cc1c(Cl)cccc1NC(=O)c1nc(C(=O)N2CCCCC2)n2ccccc12. The molecule has 2 amide bonds. The number of benzene rings is 1. The van der Waals surface area contributed by atoms with Gasteiger partial charge in [0.05, 0.1) is 5.52 Å². The smallest absolute Gasteiger partial charge is 0.290 e. The molecule has 6 nitrogen and oxygen atoms in total. The fraction of sp³-hybridized carbons (Fsp3) is 0.286. The minimum atomic E-state index is -0.369. The largest absolute Gasteiger partial charge is 0.336 e. The number of hydrogen-bond donors (Lipinski definition) is 1. The zero-order chi connectivity index (χ0) is 19.7. The highest BCUT2D eigenvalue weighted by atomic mass is 35.5. The van der Waals surface area contributed by atoms with Gasteiger partial charge in [-0.2, -0.15) is 0 Å². The number of rotatable bonds is 3. The van der Waals surface area contributed by atoms with Crippen molar-refractivity contribution in [3.8, 4) is 0 Å². The molecule has 0 spiro atoms. The lowest BCUT2D eigenvalue weighted by Crippen LogP contribution is -2.36. The Balaban J connectivity index is 1.70. The van der Waals surface area contributed by atoms with E-state index in [1.807, 2.05) is 24.0 Å². The van der Waals surface area contributed by atoms with Gasteiger partial charge in [0.25, 0.3) is 11.8 Å². The van der Waals surface area contributed by atoms with E-state index in [0.717, 1.165) is 37.9 Å². The topological polar surface area (TPSA) is 66.7 Å². The summed E-state index contributed by atoms with van der Waals surface area (Å²) in [6, 6.07) is 10.8. The Morgan fingerprint density at radius 1 is 1.07 bits per heavy atom. The molecule has 144 valence electrons. The number of anilines is 1. The van der Waals surface area contributed by atoms with Crippen LogP contribution in [0.25, 0.3) is 5.52 Å². The van der Waals surface area contributed by atoms with Crippen LogP contribution >= 0.6 is 11.6 Å². The molecule has 1 aliphatic heterocycles. The summed E-state index contributed by atoms with van der Waals surface area (Å²) in [6.07, 6.45) is 4.90. The van der Waals surface area contributed by atoms with Crippen LogP contribution in [-0.4, -0.2) is 39.2 Å². The molecule has 1 N–H and O–H groups in total. The first-order valence-corrected chi connectivity index (χ1v) is 9.77. The lowest BCUT2D eigenvalue weighted by atomic mass is 10.1. The summed E-state index contributed by atoms with van der Waals surface area (Å²) in [6.45, 7) is 3.29. The zero-order valence-electron chi connectivity index (χ0n) is 15.6. The molecule has 0 saturated carbocycles. The van der Waals surface area contributed by atoms with Crippen molar-refractivity contribution in [3.63, 3.8) is 0 Å². The number of imidazole rings is 1. The van der Waals surface area contributed by atoms with E-state index in [1.54, 1.807) is 34.9 Å². The Bertz CT molecular complexity index is 1050. The molecule has 2 aromatic heterocycles. The third kappa shape index (κ3) is 3.36. The van der Waals surface area contributed by atoms with Crippen LogP contribution in [0.5, 0.6) is 0 Å². The lowest BCUT2D eigenvalue weighted by Gasteiger charge is -2.25. The lowest BCUT2D eigenvalue weighted by molar-refractivity contribution is 0.0711. The molecule has 3 aromatic rings. The quantitative estimate of drug-likeness (QED) is 0.722. The summed E-state index contributed by atoms with van der Waals surface area (Å²) in [7, 11) is 0. The van der Waals surface area contributed by atoms with Gasteiger partial charge >= 0.3 is 0 Å². The molecule has 0 unspecified atom stereocenters. The van der Waals surface area contributed by atoms with Gasteiger partial charge in [0.1, 0.15) is 0 Å². The molecule has 1 saturated heterocycles. The monoisotopic (exact) mass is 396 g/mol. The molecule has 0 bridgehead atoms. The Labute approximate surface area is 168 Å². The molecule has 0 aliphatic carbocycles. The maximum Gasteiger partial charge on any atom is 0.290 e. The van der Waals surface area contributed by atoms with Crippen molar-refractivity contribution in [1.82, 2.24) is 14.3 Å². The van der Waals surface area contributed by atoms with E-state index in [-0.39, 0.29) is 23.3 Å². The van der Waals surface area contributed by atoms with E-state index in [2.05, 4.69) is 10.3 Å². The van der Waals surface area contributed by atoms with Crippen LogP contribution in [0.2, 0.25) is 5.02 Å². The van der Waals surface area contributed by atoms with E-state index >= 15 is 0 Å². The van der Waals surface area contributed by atoms with Crippen LogP contribution in [-0.2, 0) is 0 Å². The first-order valence-electron chi connectivity index (χ1n) is 9.39. The molecule has 7 heteroatoms. The Morgan fingerprint density at radius 2 is 1.86 bits per heavy atom. The van der Waals surface area contributed by atoms with E-state index in [1.165, 1.54) is 0 Å². The van der Waals surface area contributed by atoms with Crippen molar-refractivity contribution in [2.24, 2.45) is 0 Å². The summed E-state index contributed by atoms with van der Waals surface area (Å²) in [5, 5.41) is 3.44. The number of nitrogens with zero attached hydrogens (tertiary/aromatic N) is 3. The highest BCUT2D eigenvalue weighted by Crippen LogP contribution is 2.24. The van der Waals surface area contributed by atoms with Gasteiger partial charge in [-0.1, -0.05) is 23.7 Å². The van der Waals surface area contributed by atoms with Crippen molar-refractivity contribution in [2.75, 3.05) is 18.4 Å². The zero-order valence-corrected chi connectivity index (χ0v) is 16.4. The van der Waals surface area contributed by atoms with Crippen molar-refractivity contribution in [3.05, 3.63) is 64.7 Å². The molecular weight excluding hydrogens is 376 g/mol. The van der Waals surface area contributed by atoms with E-state index in [9.17, 15) is 9.59 Å². The van der Waals surface area contributed by atoms with Gasteiger partial charge in [-0.25, -0.2) is 4.98 Å². The molecular formula is C21H21ClN4O2. The maximum atomic E-state index is 13.0. The minimum absolute atomic E-state index is 0.140. The second kappa shape index (κ2) is 7.64. The predicted molar refractivity (Wildman–Crippen MR) is 109 cm³/mol.